The third kappa shape index (κ3) is 6.44. The maximum absolute atomic E-state index is 12.1. The van der Waals surface area contributed by atoms with E-state index in [0.717, 1.165) is 25.1 Å². The fourth-order valence-corrected chi connectivity index (χ4v) is 2.76. The zero-order valence-corrected chi connectivity index (χ0v) is 14.3. The molecule has 3 N–H and O–H groups in total. The van der Waals surface area contributed by atoms with Crippen molar-refractivity contribution in [1.82, 2.24) is 15.4 Å². The lowest BCUT2D eigenvalue weighted by Gasteiger charge is -2.12. The average molecular weight is 326 g/mol. The van der Waals surface area contributed by atoms with Crippen LogP contribution in [0.15, 0.2) is 34.2 Å². The molecule has 124 valence electrons. The van der Waals surface area contributed by atoms with Gasteiger partial charge in [0.25, 0.3) is 0 Å². The van der Waals surface area contributed by atoms with Gasteiger partial charge in [-0.1, -0.05) is 24.6 Å². The van der Waals surface area contributed by atoms with Crippen LogP contribution in [0.1, 0.15) is 25.8 Å². The van der Waals surface area contributed by atoms with Crippen molar-refractivity contribution in [2.24, 2.45) is 4.99 Å². The molecule has 1 aromatic carbocycles. The molecule has 0 atom stereocenters. The van der Waals surface area contributed by atoms with Gasteiger partial charge in [0.15, 0.2) is 5.96 Å². The van der Waals surface area contributed by atoms with E-state index in [2.05, 4.69) is 27.3 Å². The second-order valence-corrected chi connectivity index (χ2v) is 6.67. The van der Waals surface area contributed by atoms with E-state index in [4.69, 9.17) is 0 Å². The van der Waals surface area contributed by atoms with Gasteiger partial charge in [-0.2, -0.15) is 0 Å². The number of nitrogens with zero attached hydrogens (tertiary/aromatic N) is 1. The molecule has 1 rings (SSSR count). The Morgan fingerprint density at radius 1 is 1.09 bits per heavy atom. The molecule has 0 unspecified atom stereocenters. The molecule has 6 nitrogen and oxygen atoms in total. The number of aliphatic imine (C=N–C) groups is 1. The van der Waals surface area contributed by atoms with Crippen LogP contribution >= 0.6 is 0 Å². The quantitative estimate of drug-likeness (QED) is 0.381. The summed E-state index contributed by atoms with van der Waals surface area (Å²) in [5, 5.41) is 6.22. The Morgan fingerprint density at radius 3 is 2.36 bits per heavy atom. The summed E-state index contributed by atoms with van der Waals surface area (Å²) < 4.78 is 26.8. The lowest BCUT2D eigenvalue weighted by atomic mass is 10.2. The van der Waals surface area contributed by atoms with Gasteiger partial charge in [-0.3, -0.25) is 4.99 Å². The number of hydrogen-bond acceptors (Lipinski definition) is 3. The molecular weight excluding hydrogens is 300 g/mol. The van der Waals surface area contributed by atoms with Crippen LogP contribution in [0.4, 0.5) is 0 Å². The van der Waals surface area contributed by atoms with Gasteiger partial charge in [0, 0.05) is 26.2 Å². The molecule has 7 heteroatoms. The van der Waals surface area contributed by atoms with Crippen molar-refractivity contribution in [3.63, 3.8) is 0 Å². The Bertz CT molecular complexity index is 568. The van der Waals surface area contributed by atoms with Crippen LogP contribution < -0.4 is 15.4 Å². The molecule has 0 aromatic heterocycles. The predicted octanol–water partition coefficient (Wildman–Crippen LogP) is 1.24. The monoisotopic (exact) mass is 326 g/mol. The number of nitrogens with one attached hydrogen (secondary N) is 3. The molecule has 0 bridgehead atoms. The van der Waals surface area contributed by atoms with Crippen LogP contribution in [0, 0.1) is 6.92 Å². The molecule has 0 saturated heterocycles. The van der Waals surface area contributed by atoms with E-state index in [9.17, 15) is 8.42 Å². The van der Waals surface area contributed by atoms with E-state index in [0.29, 0.717) is 19.0 Å². The van der Waals surface area contributed by atoms with Crippen LogP contribution in [0.3, 0.4) is 0 Å². The smallest absolute Gasteiger partial charge is 0.240 e. The molecule has 0 aliphatic heterocycles. The summed E-state index contributed by atoms with van der Waals surface area (Å²) in [6.07, 6.45) is 0.969. The molecule has 0 aliphatic rings. The number of aryl methyl sites for hydroxylation is 1. The van der Waals surface area contributed by atoms with E-state index >= 15 is 0 Å². The first-order chi connectivity index (χ1) is 10.5. The number of benzene rings is 1. The van der Waals surface area contributed by atoms with Gasteiger partial charge in [0.2, 0.25) is 10.0 Å². The standard InChI is InChI=1S/C15H26N4O2S/c1-4-10-17-15(16-5-2)18-11-12-19-22(20,21)14-8-6-13(3)7-9-14/h6-9,19H,4-5,10-12H2,1-3H3,(H2,16,17,18). The fraction of sp³-hybridized carbons (Fsp3) is 0.533. The Morgan fingerprint density at radius 2 is 1.77 bits per heavy atom. The second kappa shape index (κ2) is 9.42. The third-order valence-corrected chi connectivity index (χ3v) is 4.36. The number of sulfonamides is 1. The van der Waals surface area contributed by atoms with E-state index in [1.807, 2.05) is 13.8 Å². The van der Waals surface area contributed by atoms with Crippen molar-refractivity contribution in [3.05, 3.63) is 29.8 Å². The fourth-order valence-electron chi connectivity index (χ4n) is 1.73. The molecule has 0 radical (unpaired) electrons. The molecule has 22 heavy (non-hydrogen) atoms. The summed E-state index contributed by atoms with van der Waals surface area (Å²) in [5.41, 5.74) is 1.03. The van der Waals surface area contributed by atoms with Gasteiger partial charge < -0.3 is 10.6 Å². The summed E-state index contributed by atoms with van der Waals surface area (Å²) >= 11 is 0. The zero-order valence-electron chi connectivity index (χ0n) is 13.5. The SMILES string of the molecule is CCCN=C(NCC)NCCNS(=O)(=O)c1ccc(C)cc1. The highest BCUT2D eigenvalue weighted by molar-refractivity contribution is 7.89. The molecule has 0 aliphatic carbocycles. The van der Waals surface area contributed by atoms with Crippen molar-refractivity contribution in [2.75, 3.05) is 26.2 Å². The first-order valence-electron chi connectivity index (χ1n) is 7.58. The van der Waals surface area contributed by atoms with Gasteiger partial charge in [0.05, 0.1) is 4.90 Å². The van der Waals surface area contributed by atoms with E-state index in [1.165, 1.54) is 0 Å². The molecule has 0 spiro atoms. The lowest BCUT2D eigenvalue weighted by molar-refractivity contribution is 0.580. The van der Waals surface area contributed by atoms with Gasteiger partial charge in [-0.25, -0.2) is 13.1 Å². The number of hydrogen-bond donors (Lipinski definition) is 3. The summed E-state index contributed by atoms with van der Waals surface area (Å²) in [6.45, 7) is 8.25. The molecule has 0 amide bonds. The first kappa shape index (κ1) is 18.4. The summed E-state index contributed by atoms with van der Waals surface area (Å²) in [7, 11) is -3.45. The van der Waals surface area contributed by atoms with Crippen molar-refractivity contribution in [1.29, 1.82) is 0 Å². The number of rotatable bonds is 8. The van der Waals surface area contributed by atoms with E-state index in [-0.39, 0.29) is 4.90 Å². The van der Waals surface area contributed by atoms with Crippen LogP contribution in [0.25, 0.3) is 0 Å². The lowest BCUT2D eigenvalue weighted by Crippen LogP contribution is -2.41. The molecule has 1 aromatic rings. The summed E-state index contributed by atoms with van der Waals surface area (Å²) in [5.74, 6) is 0.707. The van der Waals surface area contributed by atoms with Crippen LogP contribution in [0.5, 0.6) is 0 Å². The van der Waals surface area contributed by atoms with Crippen molar-refractivity contribution < 1.29 is 8.42 Å². The molecule has 0 fully saturated rings. The van der Waals surface area contributed by atoms with Crippen LogP contribution in [0.2, 0.25) is 0 Å². The van der Waals surface area contributed by atoms with Crippen LogP contribution in [-0.4, -0.2) is 40.6 Å². The topological polar surface area (TPSA) is 82.6 Å². The first-order valence-corrected chi connectivity index (χ1v) is 9.06. The Kier molecular flexibility index (Phi) is 7.90. The normalized spacial score (nSPS) is 12.2. The predicted molar refractivity (Wildman–Crippen MR) is 90.6 cm³/mol. The second-order valence-electron chi connectivity index (χ2n) is 4.90. The van der Waals surface area contributed by atoms with Gasteiger partial charge >= 0.3 is 0 Å². The van der Waals surface area contributed by atoms with Gasteiger partial charge in [-0.05, 0) is 32.4 Å². The Balaban J connectivity index is 2.47. The molecule has 0 saturated carbocycles. The van der Waals surface area contributed by atoms with Crippen molar-refractivity contribution >= 4 is 16.0 Å². The van der Waals surface area contributed by atoms with Crippen molar-refractivity contribution in [3.8, 4) is 0 Å². The minimum absolute atomic E-state index is 0.282. The summed E-state index contributed by atoms with van der Waals surface area (Å²) in [4.78, 5) is 4.63. The minimum atomic E-state index is -3.45. The summed E-state index contributed by atoms with van der Waals surface area (Å²) in [6, 6.07) is 6.79. The maximum Gasteiger partial charge on any atom is 0.240 e. The van der Waals surface area contributed by atoms with E-state index < -0.39 is 10.0 Å². The third-order valence-electron chi connectivity index (χ3n) is 2.88. The highest BCUT2D eigenvalue weighted by Gasteiger charge is 2.12. The van der Waals surface area contributed by atoms with Gasteiger partial charge in [0.1, 0.15) is 0 Å². The van der Waals surface area contributed by atoms with Gasteiger partial charge in [-0.15, -0.1) is 0 Å². The Hall–Kier alpha value is -1.60. The Labute approximate surface area is 133 Å². The maximum atomic E-state index is 12.1. The van der Waals surface area contributed by atoms with Crippen molar-refractivity contribution in [2.45, 2.75) is 32.1 Å². The highest BCUT2D eigenvalue weighted by atomic mass is 32.2. The molecular formula is C15H26N4O2S. The number of guanidine groups is 1. The van der Waals surface area contributed by atoms with Crippen LogP contribution in [-0.2, 0) is 10.0 Å². The minimum Gasteiger partial charge on any atom is -0.357 e. The molecule has 0 heterocycles. The largest absolute Gasteiger partial charge is 0.357 e. The van der Waals surface area contributed by atoms with E-state index in [1.54, 1.807) is 24.3 Å². The average Bonchev–Trinajstić information content (AvgIpc) is 2.49. The highest BCUT2D eigenvalue weighted by Crippen LogP contribution is 2.09. The zero-order chi connectivity index (χ0) is 16.4.